The topological polar surface area (TPSA) is 98.1 Å². The first-order valence-corrected chi connectivity index (χ1v) is 9.05. The fourth-order valence-electron chi connectivity index (χ4n) is 2.47. The number of nitrogens with zero attached hydrogens (tertiary/aromatic N) is 2. The van der Waals surface area contributed by atoms with Gasteiger partial charge in [0.25, 0.3) is 10.0 Å². The number of rotatable bonds is 6. The first-order chi connectivity index (χ1) is 12.0. The van der Waals surface area contributed by atoms with E-state index in [1.165, 1.54) is 11.6 Å². The summed E-state index contributed by atoms with van der Waals surface area (Å²) in [7, 11) is -2.58. The Morgan fingerprint density at radius 3 is 2.38 bits per heavy atom. The zero-order valence-corrected chi connectivity index (χ0v) is 15.2. The lowest BCUT2D eigenvalue weighted by Gasteiger charge is -2.07. The van der Waals surface area contributed by atoms with Gasteiger partial charge in [0.1, 0.15) is 16.5 Å². The van der Waals surface area contributed by atoms with Gasteiger partial charge in [0.2, 0.25) is 5.91 Å². The molecule has 140 valence electrons. The molecule has 1 heterocycles. The highest BCUT2D eigenvalue weighted by Crippen LogP contribution is 2.18. The number of sulfonamides is 1. The Hall–Kier alpha value is -2.62. The summed E-state index contributed by atoms with van der Waals surface area (Å²) in [5.41, 5.74) is 0.225. The number of nitrogens with one attached hydrogen (secondary N) is 1. The van der Waals surface area contributed by atoms with Crippen LogP contribution in [0.3, 0.4) is 0 Å². The Labute approximate surface area is 149 Å². The Bertz CT molecular complexity index is 984. The number of Topliss-reactive ketones (excluding diaryl/α,β-unsaturated/α-hetero) is 1. The van der Waals surface area contributed by atoms with Crippen LogP contribution in [-0.4, -0.2) is 29.9 Å². The van der Waals surface area contributed by atoms with Crippen LogP contribution in [0, 0.1) is 25.5 Å². The van der Waals surface area contributed by atoms with Crippen molar-refractivity contribution in [3.8, 4) is 0 Å². The van der Waals surface area contributed by atoms with Gasteiger partial charge in [-0.25, -0.2) is 21.9 Å². The molecule has 1 N–H and O–H groups in total. The molecule has 1 aromatic heterocycles. The van der Waals surface area contributed by atoms with E-state index >= 15 is 0 Å². The van der Waals surface area contributed by atoms with E-state index < -0.39 is 46.2 Å². The maximum Gasteiger partial charge on any atom is 0.267 e. The highest BCUT2D eigenvalue weighted by molar-refractivity contribution is 7.90. The molecule has 10 heteroatoms. The maximum absolute atomic E-state index is 13.5. The van der Waals surface area contributed by atoms with Crippen LogP contribution in [0.1, 0.15) is 34.6 Å². The molecular weight excluding hydrogens is 368 g/mol. The predicted octanol–water partition coefficient (Wildman–Crippen LogP) is 1.78. The number of hydrogen-bond acceptors (Lipinski definition) is 5. The molecule has 0 atom stereocenters. The Morgan fingerprint density at radius 2 is 1.85 bits per heavy atom. The molecule has 26 heavy (non-hydrogen) atoms. The minimum absolute atomic E-state index is 0.107. The summed E-state index contributed by atoms with van der Waals surface area (Å²) >= 11 is 0. The molecule has 0 aliphatic carbocycles. The normalized spacial score (nSPS) is 11.4. The lowest BCUT2D eigenvalue weighted by Crippen LogP contribution is -2.31. The average molecular weight is 385 g/mol. The van der Waals surface area contributed by atoms with Crippen molar-refractivity contribution in [2.45, 2.75) is 31.6 Å². The minimum atomic E-state index is -4.14. The van der Waals surface area contributed by atoms with Crippen LogP contribution >= 0.6 is 0 Å². The second kappa shape index (κ2) is 7.32. The fourth-order valence-corrected chi connectivity index (χ4v) is 3.93. The first-order valence-electron chi connectivity index (χ1n) is 7.57. The van der Waals surface area contributed by atoms with E-state index in [2.05, 4.69) is 5.10 Å². The summed E-state index contributed by atoms with van der Waals surface area (Å²) in [6.07, 6.45) is -0.887. The van der Waals surface area contributed by atoms with Crippen molar-refractivity contribution >= 4 is 21.7 Å². The van der Waals surface area contributed by atoms with Crippen LogP contribution in [0.2, 0.25) is 0 Å². The lowest BCUT2D eigenvalue weighted by atomic mass is 10.1. The van der Waals surface area contributed by atoms with Crippen LogP contribution in [0.15, 0.2) is 23.1 Å². The second-order valence-electron chi connectivity index (χ2n) is 5.70. The van der Waals surface area contributed by atoms with Crippen molar-refractivity contribution < 1.29 is 26.8 Å². The van der Waals surface area contributed by atoms with Gasteiger partial charge in [-0.3, -0.25) is 14.3 Å². The van der Waals surface area contributed by atoms with Crippen LogP contribution in [-0.2, 0) is 21.9 Å². The van der Waals surface area contributed by atoms with Gasteiger partial charge in [-0.05, 0) is 26.0 Å². The van der Waals surface area contributed by atoms with Gasteiger partial charge >= 0.3 is 0 Å². The van der Waals surface area contributed by atoms with E-state index in [-0.39, 0.29) is 16.2 Å². The van der Waals surface area contributed by atoms with Gasteiger partial charge in [-0.2, -0.15) is 5.10 Å². The molecule has 0 fully saturated rings. The molecule has 2 aromatic rings. The van der Waals surface area contributed by atoms with Crippen LogP contribution in [0.4, 0.5) is 8.78 Å². The number of amides is 1. The van der Waals surface area contributed by atoms with Crippen LogP contribution in [0.25, 0.3) is 0 Å². The number of aryl methyl sites for hydroxylation is 2. The molecule has 0 radical (unpaired) electrons. The third-order valence-electron chi connectivity index (χ3n) is 3.77. The van der Waals surface area contributed by atoms with Gasteiger partial charge in [0.05, 0.1) is 17.0 Å². The highest BCUT2D eigenvalue weighted by atomic mass is 32.2. The largest absolute Gasteiger partial charge is 0.294 e. The molecule has 1 aromatic carbocycles. The molecule has 2 rings (SSSR count). The van der Waals surface area contributed by atoms with Gasteiger partial charge in [0, 0.05) is 26.0 Å². The van der Waals surface area contributed by atoms with Crippen molar-refractivity contribution in [2.24, 2.45) is 7.05 Å². The quantitative estimate of drug-likeness (QED) is 0.765. The molecule has 0 saturated heterocycles. The molecule has 0 bridgehead atoms. The summed E-state index contributed by atoms with van der Waals surface area (Å²) < 4.78 is 54.3. The van der Waals surface area contributed by atoms with E-state index in [9.17, 15) is 26.8 Å². The van der Waals surface area contributed by atoms with Crippen molar-refractivity contribution in [3.63, 3.8) is 0 Å². The zero-order chi connectivity index (χ0) is 19.6. The van der Waals surface area contributed by atoms with Crippen LogP contribution in [0.5, 0.6) is 0 Å². The average Bonchev–Trinajstić information content (AvgIpc) is 2.77. The molecule has 0 aliphatic rings. The van der Waals surface area contributed by atoms with Gasteiger partial charge < -0.3 is 0 Å². The molecule has 0 saturated carbocycles. The van der Waals surface area contributed by atoms with E-state index in [1.54, 1.807) is 14.0 Å². The number of carbonyl (C=O) groups excluding carboxylic acids is 2. The van der Waals surface area contributed by atoms with Gasteiger partial charge in [-0.1, -0.05) is 0 Å². The molecule has 0 spiro atoms. The summed E-state index contributed by atoms with van der Waals surface area (Å²) in [6.45, 7) is 3.03. The van der Waals surface area contributed by atoms with Crippen molar-refractivity contribution in [2.75, 3.05) is 0 Å². The number of benzene rings is 1. The standard InChI is InChI=1S/C16H17F2N3O4S/c1-9-16(10(2)21(3)19-9)26(24,25)20-15(23)7-6-14(22)12-5-4-11(17)8-13(12)18/h4-5,8H,6-7H2,1-3H3,(H,20,23). The number of halogens is 2. The molecule has 1 amide bonds. The van der Waals surface area contributed by atoms with E-state index in [0.717, 1.165) is 12.1 Å². The van der Waals surface area contributed by atoms with E-state index in [0.29, 0.717) is 11.8 Å². The van der Waals surface area contributed by atoms with Crippen LogP contribution < -0.4 is 4.72 Å². The molecule has 0 unspecified atom stereocenters. The first kappa shape index (κ1) is 19.7. The third kappa shape index (κ3) is 4.13. The Kier molecular flexibility index (Phi) is 5.55. The van der Waals surface area contributed by atoms with Crippen molar-refractivity contribution in [1.29, 1.82) is 0 Å². The summed E-state index contributed by atoms with van der Waals surface area (Å²) in [5, 5.41) is 3.97. The fraction of sp³-hybridized carbons (Fsp3) is 0.312. The zero-order valence-electron chi connectivity index (χ0n) is 14.3. The molecule has 7 nitrogen and oxygen atoms in total. The van der Waals surface area contributed by atoms with Crippen molar-refractivity contribution in [3.05, 3.63) is 46.8 Å². The predicted molar refractivity (Wildman–Crippen MR) is 87.9 cm³/mol. The van der Waals surface area contributed by atoms with Crippen molar-refractivity contribution in [1.82, 2.24) is 14.5 Å². The maximum atomic E-state index is 13.5. The smallest absolute Gasteiger partial charge is 0.267 e. The van der Waals surface area contributed by atoms with Gasteiger partial charge in [-0.15, -0.1) is 0 Å². The van der Waals surface area contributed by atoms with E-state index in [4.69, 9.17) is 0 Å². The summed E-state index contributed by atoms with van der Waals surface area (Å²) in [5.74, 6) is -3.51. The summed E-state index contributed by atoms with van der Waals surface area (Å²) in [6, 6.07) is 2.46. The Morgan fingerprint density at radius 1 is 1.19 bits per heavy atom. The number of ketones is 1. The number of carbonyl (C=O) groups is 2. The van der Waals surface area contributed by atoms with Gasteiger partial charge in [0.15, 0.2) is 5.78 Å². The summed E-state index contributed by atoms with van der Waals surface area (Å²) in [4.78, 5) is 23.7. The minimum Gasteiger partial charge on any atom is -0.294 e. The molecular formula is C16H17F2N3O4S. The monoisotopic (exact) mass is 385 g/mol. The number of aromatic nitrogens is 2. The Balaban J connectivity index is 2.05. The third-order valence-corrected chi connectivity index (χ3v) is 5.39. The second-order valence-corrected chi connectivity index (χ2v) is 7.32. The molecule has 0 aliphatic heterocycles. The van der Waals surface area contributed by atoms with E-state index in [1.807, 2.05) is 4.72 Å². The highest BCUT2D eigenvalue weighted by Gasteiger charge is 2.26. The number of hydrogen-bond donors (Lipinski definition) is 1. The lowest BCUT2D eigenvalue weighted by molar-refractivity contribution is -0.119. The SMILES string of the molecule is Cc1nn(C)c(C)c1S(=O)(=O)NC(=O)CCC(=O)c1ccc(F)cc1F.